The molecule has 1 aliphatic rings. The summed E-state index contributed by atoms with van der Waals surface area (Å²) < 4.78 is 0. The minimum absolute atomic E-state index is 0.0655. The van der Waals surface area contributed by atoms with E-state index >= 15 is 0 Å². The van der Waals surface area contributed by atoms with E-state index in [4.69, 9.17) is 5.11 Å². The van der Waals surface area contributed by atoms with Crippen LogP contribution in [0, 0.1) is 5.92 Å². The number of carbonyl (C=O) groups is 2. The lowest BCUT2D eigenvalue weighted by Gasteiger charge is -2.03. The molecule has 16 heavy (non-hydrogen) atoms. The topological polar surface area (TPSA) is 79.3 Å². The molecule has 5 heteroatoms. The van der Waals surface area contributed by atoms with Crippen molar-refractivity contribution in [1.29, 1.82) is 0 Å². The Hall–Kier alpha value is -1.91. The summed E-state index contributed by atoms with van der Waals surface area (Å²) in [4.78, 5) is 25.9. The van der Waals surface area contributed by atoms with E-state index in [0.717, 1.165) is 12.8 Å². The molecule has 1 aromatic heterocycles. The van der Waals surface area contributed by atoms with Crippen LogP contribution in [0.5, 0.6) is 0 Å². The highest BCUT2D eigenvalue weighted by molar-refractivity contribution is 5.91. The number of carboxylic acids is 1. The third-order valence-electron chi connectivity index (χ3n) is 2.41. The average Bonchev–Trinajstić information content (AvgIpc) is 3.01. The zero-order chi connectivity index (χ0) is 11.5. The fraction of sp³-hybridized carbons (Fsp3) is 0.364. The SMILES string of the molecule is O=C(CC1CC1)Nc1cccc(C(=O)O)n1. The molecule has 0 aliphatic heterocycles. The molecule has 1 fully saturated rings. The number of amides is 1. The fourth-order valence-corrected chi connectivity index (χ4v) is 1.40. The number of carboxylic acid groups (broad SMARTS) is 1. The Labute approximate surface area is 92.5 Å². The number of hydrogen-bond donors (Lipinski definition) is 2. The number of anilines is 1. The normalized spacial score (nSPS) is 14.5. The predicted octanol–water partition coefficient (Wildman–Crippen LogP) is 1.52. The Morgan fingerprint density at radius 1 is 1.44 bits per heavy atom. The Kier molecular flexibility index (Phi) is 2.85. The van der Waals surface area contributed by atoms with Gasteiger partial charge >= 0.3 is 5.97 Å². The summed E-state index contributed by atoms with van der Waals surface area (Å²) >= 11 is 0. The predicted molar refractivity (Wildman–Crippen MR) is 57.2 cm³/mol. The van der Waals surface area contributed by atoms with Gasteiger partial charge in [-0.3, -0.25) is 4.79 Å². The van der Waals surface area contributed by atoms with Gasteiger partial charge in [-0.25, -0.2) is 9.78 Å². The van der Waals surface area contributed by atoms with Crippen molar-refractivity contribution in [2.45, 2.75) is 19.3 Å². The molecule has 0 bridgehead atoms. The van der Waals surface area contributed by atoms with Crippen LogP contribution in [0.25, 0.3) is 0 Å². The molecule has 1 heterocycles. The molecule has 2 N–H and O–H groups in total. The molecular formula is C11H12N2O3. The molecule has 2 rings (SSSR count). The van der Waals surface area contributed by atoms with Gasteiger partial charge in [0.25, 0.3) is 0 Å². The van der Waals surface area contributed by atoms with E-state index < -0.39 is 5.97 Å². The minimum atomic E-state index is -1.10. The first-order valence-electron chi connectivity index (χ1n) is 5.15. The zero-order valence-electron chi connectivity index (χ0n) is 8.64. The first kappa shape index (κ1) is 10.6. The number of carbonyl (C=O) groups excluding carboxylic acids is 1. The van der Waals surface area contributed by atoms with Gasteiger partial charge < -0.3 is 10.4 Å². The van der Waals surface area contributed by atoms with Gasteiger partial charge in [0.15, 0.2) is 5.69 Å². The van der Waals surface area contributed by atoms with E-state index in [9.17, 15) is 9.59 Å². The quantitative estimate of drug-likeness (QED) is 0.806. The summed E-state index contributed by atoms with van der Waals surface area (Å²) in [5, 5.41) is 11.3. The Bertz CT molecular complexity index is 427. The van der Waals surface area contributed by atoms with Gasteiger partial charge in [0, 0.05) is 6.42 Å². The molecular weight excluding hydrogens is 208 g/mol. The first-order valence-corrected chi connectivity index (χ1v) is 5.15. The molecule has 1 aliphatic carbocycles. The van der Waals surface area contributed by atoms with E-state index in [1.807, 2.05) is 0 Å². The number of aromatic nitrogens is 1. The maximum atomic E-state index is 11.4. The van der Waals surface area contributed by atoms with Gasteiger partial charge in [-0.05, 0) is 30.9 Å². The second kappa shape index (κ2) is 4.30. The van der Waals surface area contributed by atoms with Crippen molar-refractivity contribution in [2.75, 3.05) is 5.32 Å². The number of pyridine rings is 1. The minimum Gasteiger partial charge on any atom is -0.477 e. The second-order valence-corrected chi connectivity index (χ2v) is 3.91. The van der Waals surface area contributed by atoms with Gasteiger partial charge in [-0.15, -0.1) is 0 Å². The zero-order valence-corrected chi connectivity index (χ0v) is 8.64. The Balaban J connectivity index is 1.99. The summed E-state index contributed by atoms with van der Waals surface area (Å²) in [6.45, 7) is 0. The summed E-state index contributed by atoms with van der Waals surface area (Å²) in [6.07, 6.45) is 2.71. The van der Waals surface area contributed by atoms with Crippen molar-refractivity contribution in [2.24, 2.45) is 5.92 Å². The molecule has 0 aromatic carbocycles. The molecule has 1 aromatic rings. The van der Waals surface area contributed by atoms with E-state index in [1.54, 1.807) is 12.1 Å². The lowest BCUT2D eigenvalue weighted by molar-refractivity contribution is -0.116. The molecule has 0 atom stereocenters. The molecule has 0 radical (unpaired) electrons. The van der Waals surface area contributed by atoms with Crippen molar-refractivity contribution in [3.05, 3.63) is 23.9 Å². The largest absolute Gasteiger partial charge is 0.477 e. The highest BCUT2D eigenvalue weighted by Gasteiger charge is 2.24. The fourth-order valence-electron chi connectivity index (χ4n) is 1.40. The molecule has 0 spiro atoms. The summed E-state index contributed by atoms with van der Waals surface area (Å²) in [6, 6.07) is 4.53. The lowest BCUT2D eigenvalue weighted by Crippen LogP contribution is -2.14. The lowest BCUT2D eigenvalue weighted by atomic mass is 10.3. The summed E-state index contributed by atoms with van der Waals surface area (Å²) in [7, 11) is 0. The van der Waals surface area contributed by atoms with Crippen molar-refractivity contribution in [3.8, 4) is 0 Å². The van der Waals surface area contributed by atoms with E-state index in [1.165, 1.54) is 6.07 Å². The summed E-state index contributed by atoms with van der Waals surface area (Å²) in [5.74, 6) is -0.399. The van der Waals surface area contributed by atoms with Gasteiger partial charge in [0.1, 0.15) is 5.82 Å². The van der Waals surface area contributed by atoms with Crippen LogP contribution in [0.1, 0.15) is 29.8 Å². The molecule has 84 valence electrons. The molecule has 5 nitrogen and oxygen atoms in total. The highest BCUT2D eigenvalue weighted by Crippen LogP contribution is 2.32. The van der Waals surface area contributed by atoms with E-state index in [-0.39, 0.29) is 11.6 Å². The van der Waals surface area contributed by atoms with Crippen molar-refractivity contribution < 1.29 is 14.7 Å². The van der Waals surface area contributed by atoms with Crippen LogP contribution < -0.4 is 5.32 Å². The van der Waals surface area contributed by atoms with Gasteiger partial charge in [-0.2, -0.15) is 0 Å². The number of nitrogens with one attached hydrogen (secondary N) is 1. The Morgan fingerprint density at radius 2 is 2.19 bits per heavy atom. The molecule has 1 saturated carbocycles. The number of rotatable bonds is 4. The molecule has 0 saturated heterocycles. The van der Waals surface area contributed by atoms with Crippen molar-refractivity contribution >= 4 is 17.7 Å². The monoisotopic (exact) mass is 220 g/mol. The van der Waals surface area contributed by atoms with Crippen LogP contribution in [0.2, 0.25) is 0 Å². The van der Waals surface area contributed by atoms with Crippen LogP contribution in [0.15, 0.2) is 18.2 Å². The van der Waals surface area contributed by atoms with Crippen LogP contribution in [0.3, 0.4) is 0 Å². The van der Waals surface area contributed by atoms with Gasteiger partial charge in [-0.1, -0.05) is 6.07 Å². The maximum Gasteiger partial charge on any atom is 0.354 e. The Morgan fingerprint density at radius 3 is 2.81 bits per heavy atom. The van der Waals surface area contributed by atoms with Crippen LogP contribution >= 0.6 is 0 Å². The van der Waals surface area contributed by atoms with Crippen LogP contribution in [-0.2, 0) is 4.79 Å². The van der Waals surface area contributed by atoms with Crippen molar-refractivity contribution in [3.63, 3.8) is 0 Å². The maximum absolute atomic E-state index is 11.4. The van der Waals surface area contributed by atoms with Crippen molar-refractivity contribution in [1.82, 2.24) is 4.98 Å². The smallest absolute Gasteiger partial charge is 0.354 e. The standard InChI is InChI=1S/C11H12N2O3/c14-10(6-7-4-5-7)13-9-3-1-2-8(12-9)11(15)16/h1-3,7H,4-6H2,(H,15,16)(H,12,13,14). The number of hydrogen-bond acceptors (Lipinski definition) is 3. The number of aromatic carboxylic acids is 1. The molecule has 0 unspecified atom stereocenters. The first-order chi connectivity index (χ1) is 7.65. The van der Waals surface area contributed by atoms with E-state index in [0.29, 0.717) is 18.2 Å². The number of nitrogens with zero attached hydrogens (tertiary/aromatic N) is 1. The highest BCUT2D eigenvalue weighted by atomic mass is 16.4. The van der Waals surface area contributed by atoms with Crippen LogP contribution in [-0.4, -0.2) is 22.0 Å². The van der Waals surface area contributed by atoms with Gasteiger partial charge in [0.05, 0.1) is 0 Å². The van der Waals surface area contributed by atoms with Gasteiger partial charge in [0.2, 0.25) is 5.91 Å². The molecule has 1 amide bonds. The van der Waals surface area contributed by atoms with E-state index in [2.05, 4.69) is 10.3 Å². The summed E-state index contributed by atoms with van der Waals surface area (Å²) in [5.41, 5.74) is -0.0655. The average molecular weight is 220 g/mol. The third-order valence-corrected chi connectivity index (χ3v) is 2.41. The third kappa shape index (κ3) is 2.79. The second-order valence-electron chi connectivity index (χ2n) is 3.91. The van der Waals surface area contributed by atoms with Crippen LogP contribution in [0.4, 0.5) is 5.82 Å².